The Morgan fingerprint density at radius 1 is 0.852 bits per heavy atom. The maximum atomic E-state index is 12.1. The van der Waals surface area contributed by atoms with Crippen LogP contribution in [0.2, 0.25) is 0 Å². The molecule has 0 aliphatic carbocycles. The first-order valence-electron chi connectivity index (χ1n) is 7.97. The maximum Gasteiger partial charge on any atom is 0.338 e. The molecule has 0 saturated carbocycles. The van der Waals surface area contributed by atoms with Crippen LogP contribution >= 0.6 is 0 Å². The number of esters is 2. The molecule has 1 atom stereocenters. The molecule has 2 aromatic carbocycles. The topological polar surface area (TPSA) is 111 Å². The van der Waals surface area contributed by atoms with E-state index in [2.05, 4.69) is 15.4 Å². The monoisotopic (exact) mass is 370 g/mol. The van der Waals surface area contributed by atoms with Gasteiger partial charge in [0.2, 0.25) is 0 Å². The molecule has 2 N–H and O–H groups in total. The third kappa shape index (κ3) is 5.67. The Morgan fingerprint density at radius 3 is 1.96 bits per heavy atom. The zero-order valence-corrected chi connectivity index (χ0v) is 14.7. The number of urea groups is 1. The highest BCUT2D eigenvalue weighted by Crippen LogP contribution is 2.09. The van der Waals surface area contributed by atoms with Crippen molar-refractivity contribution < 1.29 is 28.7 Å². The third-order valence-corrected chi connectivity index (χ3v) is 3.46. The summed E-state index contributed by atoms with van der Waals surface area (Å²) >= 11 is 0. The molecule has 8 heteroatoms. The lowest BCUT2D eigenvalue weighted by Gasteiger charge is -2.13. The van der Waals surface area contributed by atoms with Gasteiger partial charge < -0.3 is 14.8 Å². The smallest absolute Gasteiger partial charge is 0.338 e. The Morgan fingerprint density at radius 2 is 1.41 bits per heavy atom. The molecule has 3 amide bonds. The van der Waals surface area contributed by atoms with Crippen molar-refractivity contribution in [2.24, 2.45) is 0 Å². The van der Waals surface area contributed by atoms with Gasteiger partial charge in [-0.05, 0) is 43.3 Å². The third-order valence-electron chi connectivity index (χ3n) is 3.46. The first-order valence-corrected chi connectivity index (χ1v) is 7.97. The van der Waals surface area contributed by atoms with Crippen LogP contribution in [0.15, 0.2) is 54.6 Å². The second-order valence-corrected chi connectivity index (χ2v) is 5.43. The van der Waals surface area contributed by atoms with Crippen LogP contribution in [-0.2, 0) is 14.3 Å². The second kappa shape index (κ2) is 9.14. The summed E-state index contributed by atoms with van der Waals surface area (Å²) in [5.74, 6) is -2.08. The average molecular weight is 370 g/mol. The summed E-state index contributed by atoms with van der Waals surface area (Å²) in [6.45, 7) is 1.34. The zero-order valence-electron chi connectivity index (χ0n) is 14.7. The minimum absolute atomic E-state index is 0.149. The van der Waals surface area contributed by atoms with E-state index in [4.69, 9.17) is 4.74 Å². The summed E-state index contributed by atoms with van der Waals surface area (Å²) in [5.41, 5.74) is 0.937. The molecule has 0 spiro atoms. The molecule has 0 aliphatic heterocycles. The standard InChI is InChI=1S/C19H18N2O6/c1-12(16(22)21-19(25)20-15-6-4-3-5-7-15)27-18(24)14-10-8-13(9-11-14)17(23)26-2/h3-12H,1-2H3,(H2,20,21,22,25). The molecule has 27 heavy (non-hydrogen) atoms. The molecule has 8 nitrogen and oxygen atoms in total. The van der Waals surface area contributed by atoms with Crippen LogP contribution in [0.5, 0.6) is 0 Å². The van der Waals surface area contributed by atoms with Gasteiger partial charge in [-0.3, -0.25) is 10.1 Å². The van der Waals surface area contributed by atoms with E-state index in [0.717, 1.165) is 0 Å². The fraction of sp³-hybridized carbons (Fsp3) is 0.158. The molecular weight excluding hydrogens is 352 g/mol. The number of carbonyl (C=O) groups excluding carboxylic acids is 4. The van der Waals surface area contributed by atoms with Crippen LogP contribution < -0.4 is 10.6 Å². The van der Waals surface area contributed by atoms with Crippen molar-refractivity contribution in [2.45, 2.75) is 13.0 Å². The van der Waals surface area contributed by atoms with E-state index in [0.29, 0.717) is 5.69 Å². The van der Waals surface area contributed by atoms with Gasteiger partial charge in [-0.25, -0.2) is 14.4 Å². The molecule has 0 fully saturated rings. The van der Waals surface area contributed by atoms with Crippen molar-refractivity contribution >= 4 is 29.6 Å². The number of methoxy groups -OCH3 is 1. The van der Waals surface area contributed by atoms with Gasteiger partial charge >= 0.3 is 18.0 Å². The molecular formula is C19H18N2O6. The number of nitrogens with one attached hydrogen (secondary N) is 2. The first-order chi connectivity index (χ1) is 12.9. The molecule has 0 bridgehead atoms. The van der Waals surface area contributed by atoms with Crippen molar-refractivity contribution in [2.75, 3.05) is 12.4 Å². The number of para-hydroxylation sites is 1. The molecule has 2 aromatic rings. The largest absolute Gasteiger partial charge is 0.465 e. The van der Waals surface area contributed by atoms with Gasteiger partial charge in [0.25, 0.3) is 5.91 Å². The Labute approximate surface area is 155 Å². The number of carbonyl (C=O) groups is 4. The van der Waals surface area contributed by atoms with Crippen LogP contribution in [0, 0.1) is 0 Å². The van der Waals surface area contributed by atoms with Gasteiger partial charge in [-0.2, -0.15) is 0 Å². The number of rotatable bonds is 5. The minimum Gasteiger partial charge on any atom is -0.465 e. The molecule has 140 valence electrons. The highest BCUT2D eigenvalue weighted by atomic mass is 16.5. The quantitative estimate of drug-likeness (QED) is 0.782. The summed E-state index contributed by atoms with van der Waals surface area (Å²) in [6, 6.07) is 13.4. The predicted molar refractivity (Wildman–Crippen MR) is 96.3 cm³/mol. The maximum absolute atomic E-state index is 12.1. The van der Waals surface area contributed by atoms with Gasteiger partial charge in [-0.15, -0.1) is 0 Å². The van der Waals surface area contributed by atoms with E-state index in [1.54, 1.807) is 30.3 Å². The van der Waals surface area contributed by atoms with Crippen LogP contribution in [0.3, 0.4) is 0 Å². The molecule has 2 rings (SSSR count). The van der Waals surface area contributed by atoms with Crippen molar-refractivity contribution in [1.29, 1.82) is 0 Å². The number of hydrogen-bond donors (Lipinski definition) is 2. The summed E-state index contributed by atoms with van der Waals surface area (Å²) < 4.78 is 9.60. The summed E-state index contributed by atoms with van der Waals surface area (Å²) in [4.78, 5) is 47.2. The van der Waals surface area contributed by atoms with Gasteiger partial charge in [0.05, 0.1) is 18.2 Å². The number of hydrogen-bond acceptors (Lipinski definition) is 6. The molecule has 0 aliphatic rings. The molecule has 0 aromatic heterocycles. The van der Waals surface area contributed by atoms with Crippen LogP contribution in [0.25, 0.3) is 0 Å². The lowest BCUT2D eigenvalue weighted by atomic mass is 10.1. The zero-order chi connectivity index (χ0) is 19.8. The molecule has 0 heterocycles. The molecule has 1 unspecified atom stereocenters. The van der Waals surface area contributed by atoms with E-state index < -0.39 is 30.0 Å². The highest BCUT2D eigenvalue weighted by molar-refractivity contribution is 6.03. The average Bonchev–Trinajstić information content (AvgIpc) is 2.68. The van der Waals surface area contributed by atoms with Crippen molar-refractivity contribution in [1.82, 2.24) is 5.32 Å². The van der Waals surface area contributed by atoms with E-state index in [1.165, 1.54) is 38.3 Å². The fourth-order valence-electron chi connectivity index (χ4n) is 2.04. The van der Waals surface area contributed by atoms with Gasteiger partial charge in [0, 0.05) is 5.69 Å². The second-order valence-electron chi connectivity index (χ2n) is 5.43. The number of anilines is 1. The van der Waals surface area contributed by atoms with Crippen molar-refractivity contribution in [3.05, 3.63) is 65.7 Å². The normalized spacial score (nSPS) is 11.0. The Hall–Kier alpha value is -3.68. The lowest BCUT2D eigenvalue weighted by molar-refractivity contribution is -0.127. The fourth-order valence-corrected chi connectivity index (χ4v) is 2.04. The summed E-state index contributed by atoms with van der Waals surface area (Å²) in [7, 11) is 1.25. The van der Waals surface area contributed by atoms with E-state index >= 15 is 0 Å². The Bertz CT molecular complexity index is 833. The predicted octanol–water partition coefficient (Wildman–Crippen LogP) is 2.37. The van der Waals surface area contributed by atoms with Crippen LogP contribution in [0.1, 0.15) is 27.6 Å². The summed E-state index contributed by atoms with van der Waals surface area (Å²) in [5, 5.41) is 4.57. The van der Waals surface area contributed by atoms with Crippen LogP contribution in [-0.4, -0.2) is 37.1 Å². The number of amides is 3. The van der Waals surface area contributed by atoms with E-state index in [1.807, 2.05) is 0 Å². The molecule has 0 saturated heterocycles. The van der Waals surface area contributed by atoms with Gasteiger partial charge in [0.1, 0.15) is 0 Å². The number of benzene rings is 2. The highest BCUT2D eigenvalue weighted by Gasteiger charge is 2.21. The summed E-state index contributed by atoms with van der Waals surface area (Å²) in [6.07, 6.45) is -1.20. The number of imide groups is 1. The van der Waals surface area contributed by atoms with Crippen LogP contribution in [0.4, 0.5) is 10.5 Å². The lowest BCUT2D eigenvalue weighted by Crippen LogP contribution is -2.41. The van der Waals surface area contributed by atoms with Crippen molar-refractivity contribution in [3.8, 4) is 0 Å². The van der Waals surface area contributed by atoms with E-state index in [9.17, 15) is 19.2 Å². The Kier molecular flexibility index (Phi) is 6.65. The minimum atomic E-state index is -1.20. The van der Waals surface area contributed by atoms with Gasteiger partial charge in [0.15, 0.2) is 6.10 Å². The molecule has 0 radical (unpaired) electrons. The Balaban J connectivity index is 1.88. The van der Waals surface area contributed by atoms with Gasteiger partial charge in [-0.1, -0.05) is 18.2 Å². The number of ether oxygens (including phenoxy) is 2. The van der Waals surface area contributed by atoms with Crippen molar-refractivity contribution in [3.63, 3.8) is 0 Å². The first kappa shape index (κ1) is 19.6. The van der Waals surface area contributed by atoms with E-state index in [-0.39, 0.29) is 11.1 Å². The SMILES string of the molecule is COC(=O)c1ccc(C(=O)OC(C)C(=O)NC(=O)Nc2ccccc2)cc1.